The fourth-order valence-corrected chi connectivity index (χ4v) is 2.29. The first-order valence-electron chi connectivity index (χ1n) is 6.04. The highest BCUT2D eigenvalue weighted by molar-refractivity contribution is 5.37. The number of para-hydroxylation sites is 1. The molecule has 1 aromatic carbocycles. The van der Waals surface area contributed by atoms with Crippen LogP contribution in [0, 0.1) is 6.92 Å². The van der Waals surface area contributed by atoms with E-state index in [2.05, 4.69) is 16.0 Å². The molecule has 0 radical (unpaired) electrons. The van der Waals surface area contributed by atoms with Crippen molar-refractivity contribution in [2.75, 3.05) is 12.3 Å². The van der Waals surface area contributed by atoms with Crippen LogP contribution >= 0.6 is 0 Å². The van der Waals surface area contributed by atoms with Crippen molar-refractivity contribution in [1.82, 2.24) is 9.97 Å². The number of aromatic nitrogens is 2. The van der Waals surface area contributed by atoms with Gasteiger partial charge in [0, 0.05) is 11.8 Å². The van der Waals surface area contributed by atoms with Crippen molar-refractivity contribution in [2.24, 2.45) is 0 Å². The third-order valence-electron chi connectivity index (χ3n) is 3.14. The summed E-state index contributed by atoms with van der Waals surface area (Å²) >= 11 is 0. The van der Waals surface area contributed by atoms with E-state index in [1.807, 2.05) is 25.1 Å². The number of rotatable bonds is 1. The van der Waals surface area contributed by atoms with Crippen LogP contribution in [0.1, 0.15) is 23.0 Å². The number of nitrogen functional groups attached to an aromatic ring is 1. The topological polar surface area (TPSA) is 61.0 Å². The molecule has 1 atom stereocenters. The van der Waals surface area contributed by atoms with Crippen LogP contribution in [-0.2, 0) is 6.42 Å². The number of fused-ring (bicyclic) bond motifs is 1. The minimum Gasteiger partial charge on any atom is -0.493 e. The van der Waals surface area contributed by atoms with E-state index in [9.17, 15) is 0 Å². The van der Waals surface area contributed by atoms with Gasteiger partial charge in [0.1, 0.15) is 17.4 Å². The van der Waals surface area contributed by atoms with E-state index < -0.39 is 0 Å². The summed E-state index contributed by atoms with van der Waals surface area (Å²) in [7, 11) is 0. The summed E-state index contributed by atoms with van der Waals surface area (Å²) in [5.41, 5.74) is 7.87. The molecule has 0 spiro atoms. The summed E-state index contributed by atoms with van der Waals surface area (Å²) in [4.78, 5) is 8.78. The lowest BCUT2D eigenvalue weighted by molar-refractivity contribution is 0.257. The van der Waals surface area contributed by atoms with Crippen molar-refractivity contribution in [2.45, 2.75) is 19.3 Å². The zero-order chi connectivity index (χ0) is 12.5. The molecule has 2 N–H and O–H groups in total. The Morgan fingerprint density at radius 1 is 1.28 bits per heavy atom. The maximum atomic E-state index is 5.77. The third kappa shape index (κ3) is 2.01. The quantitative estimate of drug-likeness (QED) is 0.830. The Hall–Kier alpha value is -2.10. The van der Waals surface area contributed by atoms with E-state index in [1.54, 1.807) is 6.07 Å². The summed E-state index contributed by atoms with van der Waals surface area (Å²) in [6, 6.07) is 9.87. The van der Waals surface area contributed by atoms with Crippen LogP contribution in [0.4, 0.5) is 5.82 Å². The summed E-state index contributed by atoms with van der Waals surface area (Å²) < 4.78 is 5.75. The van der Waals surface area contributed by atoms with Gasteiger partial charge in [-0.25, -0.2) is 9.97 Å². The number of aryl methyl sites for hydroxylation is 1. The molecule has 0 bridgehead atoms. The van der Waals surface area contributed by atoms with Crippen LogP contribution in [0.5, 0.6) is 5.75 Å². The summed E-state index contributed by atoms with van der Waals surface area (Å²) in [5.74, 6) is 2.45. The maximum absolute atomic E-state index is 5.77. The molecule has 4 heteroatoms. The third-order valence-corrected chi connectivity index (χ3v) is 3.14. The first-order valence-corrected chi connectivity index (χ1v) is 6.04. The molecular formula is C14H15N3O. The molecule has 18 heavy (non-hydrogen) atoms. The second-order valence-electron chi connectivity index (χ2n) is 4.61. The number of anilines is 1. The van der Waals surface area contributed by atoms with Crippen molar-refractivity contribution in [3.8, 4) is 5.75 Å². The van der Waals surface area contributed by atoms with Crippen molar-refractivity contribution in [1.29, 1.82) is 0 Å². The molecule has 2 aromatic rings. The van der Waals surface area contributed by atoms with Gasteiger partial charge in [0.2, 0.25) is 0 Å². The normalized spacial score (nSPS) is 17.9. The minimum absolute atomic E-state index is 0.182. The highest BCUT2D eigenvalue weighted by Gasteiger charge is 2.23. The molecule has 3 rings (SSSR count). The fourth-order valence-electron chi connectivity index (χ4n) is 2.29. The second-order valence-corrected chi connectivity index (χ2v) is 4.61. The van der Waals surface area contributed by atoms with Crippen molar-refractivity contribution in [3.63, 3.8) is 0 Å². The Bertz CT molecular complexity index is 563. The Morgan fingerprint density at radius 2 is 2.11 bits per heavy atom. The zero-order valence-electron chi connectivity index (χ0n) is 10.3. The van der Waals surface area contributed by atoms with Crippen LogP contribution in [0.25, 0.3) is 0 Å². The van der Waals surface area contributed by atoms with Gasteiger partial charge in [-0.3, -0.25) is 0 Å². The lowest BCUT2D eigenvalue weighted by atomic mass is 9.96. The van der Waals surface area contributed by atoms with Gasteiger partial charge in [0.25, 0.3) is 0 Å². The molecule has 1 aromatic heterocycles. The molecule has 4 nitrogen and oxygen atoms in total. The second kappa shape index (κ2) is 4.29. The van der Waals surface area contributed by atoms with E-state index in [-0.39, 0.29) is 5.92 Å². The summed E-state index contributed by atoms with van der Waals surface area (Å²) in [5, 5.41) is 0. The molecule has 1 aliphatic rings. The monoisotopic (exact) mass is 241 g/mol. The molecule has 0 fully saturated rings. The van der Waals surface area contributed by atoms with Crippen molar-refractivity contribution >= 4 is 5.82 Å². The van der Waals surface area contributed by atoms with Gasteiger partial charge in [0.15, 0.2) is 0 Å². The Labute approximate surface area is 106 Å². The highest BCUT2D eigenvalue weighted by Crippen LogP contribution is 2.30. The summed E-state index contributed by atoms with van der Waals surface area (Å²) in [6.45, 7) is 2.54. The number of hydrogen-bond donors (Lipinski definition) is 1. The molecule has 1 aliphatic heterocycles. The van der Waals surface area contributed by atoms with E-state index in [0.717, 1.165) is 23.7 Å². The van der Waals surface area contributed by atoms with Crippen molar-refractivity contribution < 1.29 is 4.74 Å². The number of benzene rings is 1. The van der Waals surface area contributed by atoms with E-state index in [0.29, 0.717) is 12.4 Å². The van der Waals surface area contributed by atoms with Gasteiger partial charge >= 0.3 is 0 Å². The molecule has 0 saturated heterocycles. The molecule has 0 aliphatic carbocycles. The Morgan fingerprint density at radius 3 is 2.94 bits per heavy atom. The molecule has 0 saturated carbocycles. The number of hydrogen-bond acceptors (Lipinski definition) is 4. The van der Waals surface area contributed by atoms with Gasteiger partial charge in [-0.05, 0) is 25.0 Å². The molecule has 1 unspecified atom stereocenters. The van der Waals surface area contributed by atoms with Crippen LogP contribution in [-0.4, -0.2) is 16.6 Å². The molecule has 0 amide bonds. The number of nitrogens with two attached hydrogens (primary N) is 1. The van der Waals surface area contributed by atoms with E-state index in [1.165, 1.54) is 5.56 Å². The largest absolute Gasteiger partial charge is 0.493 e. The first-order chi connectivity index (χ1) is 8.72. The van der Waals surface area contributed by atoms with E-state index >= 15 is 0 Å². The Kier molecular flexibility index (Phi) is 2.63. The highest BCUT2D eigenvalue weighted by atomic mass is 16.5. The van der Waals surface area contributed by atoms with Crippen LogP contribution < -0.4 is 10.5 Å². The average molecular weight is 241 g/mol. The predicted molar refractivity (Wildman–Crippen MR) is 69.6 cm³/mol. The lowest BCUT2D eigenvalue weighted by Crippen LogP contribution is -2.21. The van der Waals surface area contributed by atoms with E-state index in [4.69, 9.17) is 10.5 Å². The van der Waals surface area contributed by atoms with Gasteiger partial charge in [-0.15, -0.1) is 0 Å². The van der Waals surface area contributed by atoms with Crippen LogP contribution in [0.3, 0.4) is 0 Å². The number of ether oxygens (including phenoxy) is 1. The van der Waals surface area contributed by atoms with Gasteiger partial charge in [-0.1, -0.05) is 18.2 Å². The first kappa shape index (κ1) is 11.0. The SMILES string of the molecule is Cc1cc(N)nc(C2COc3ccccc3C2)n1. The van der Waals surface area contributed by atoms with Gasteiger partial charge in [0.05, 0.1) is 12.5 Å². The van der Waals surface area contributed by atoms with Crippen LogP contribution in [0.2, 0.25) is 0 Å². The fraction of sp³-hybridized carbons (Fsp3) is 0.286. The van der Waals surface area contributed by atoms with Gasteiger partial charge in [-0.2, -0.15) is 0 Å². The smallest absolute Gasteiger partial charge is 0.137 e. The lowest BCUT2D eigenvalue weighted by Gasteiger charge is -2.24. The predicted octanol–water partition coefficient (Wildman–Crippen LogP) is 2.09. The minimum atomic E-state index is 0.182. The molecular weight excluding hydrogens is 226 g/mol. The van der Waals surface area contributed by atoms with Gasteiger partial charge < -0.3 is 10.5 Å². The molecule has 92 valence electrons. The maximum Gasteiger partial charge on any atom is 0.137 e. The van der Waals surface area contributed by atoms with Crippen molar-refractivity contribution in [3.05, 3.63) is 47.4 Å². The average Bonchev–Trinajstić information content (AvgIpc) is 2.37. The Balaban J connectivity index is 1.91. The summed E-state index contributed by atoms with van der Waals surface area (Å²) in [6.07, 6.45) is 0.902. The van der Waals surface area contributed by atoms with Crippen LogP contribution in [0.15, 0.2) is 30.3 Å². The standard InChI is InChI=1S/C14H15N3O/c1-9-6-13(15)17-14(16-9)11-7-10-4-2-3-5-12(10)18-8-11/h2-6,11H,7-8H2,1H3,(H2,15,16,17). The molecule has 2 heterocycles. The number of nitrogens with zero attached hydrogens (tertiary/aromatic N) is 2. The zero-order valence-corrected chi connectivity index (χ0v) is 10.3.